The van der Waals surface area contributed by atoms with Crippen LogP contribution in [-0.2, 0) is 11.3 Å². The molecule has 3 N–H and O–H groups in total. The summed E-state index contributed by atoms with van der Waals surface area (Å²) in [4.78, 5) is 64.7. The zero-order valence-corrected chi connectivity index (χ0v) is 20.6. The molecule has 0 spiro atoms. The van der Waals surface area contributed by atoms with Crippen LogP contribution in [0.1, 0.15) is 38.2 Å². The first-order valence-corrected chi connectivity index (χ1v) is 11.4. The molecule has 0 aliphatic rings. The summed E-state index contributed by atoms with van der Waals surface area (Å²) in [5.74, 6) is -1.04. The van der Waals surface area contributed by atoms with Gasteiger partial charge >= 0.3 is 5.69 Å². The number of nitrogens with two attached hydrogens (primary N) is 1. The molecule has 2 amide bonds. The average molecular weight is 482 g/mol. The van der Waals surface area contributed by atoms with Crippen LogP contribution in [0.4, 0.5) is 11.5 Å². The van der Waals surface area contributed by atoms with Crippen molar-refractivity contribution in [2.45, 2.75) is 34.2 Å². The summed E-state index contributed by atoms with van der Waals surface area (Å²) in [6, 6.07) is 7.15. The van der Waals surface area contributed by atoms with Crippen LogP contribution in [0.3, 0.4) is 0 Å². The van der Waals surface area contributed by atoms with Gasteiger partial charge in [0, 0.05) is 20.1 Å². The molecule has 1 aromatic carbocycles. The lowest BCUT2D eigenvalue weighted by Gasteiger charge is -2.28. The van der Waals surface area contributed by atoms with Crippen molar-refractivity contribution < 1.29 is 9.59 Å². The standard InChI is InChI=1S/C24H31N7O4/c1-14(2)11-30(20-21(25)31(12-15(3)4)24(35)28-22(20)33)19(32)13-29(5)23(34)18-10-26-16-8-6-7-9-17(16)27-18/h6-10,14-15H,11-13,25H2,1-5H3,(H,28,33,35). The largest absolute Gasteiger partial charge is 0.383 e. The monoisotopic (exact) mass is 481 g/mol. The van der Waals surface area contributed by atoms with Crippen LogP contribution in [0.15, 0.2) is 40.1 Å². The Hall–Kier alpha value is -4.02. The number of para-hydroxylation sites is 2. The Morgan fingerprint density at radius 1 is 1.09 bits per heavy atom. The van der Waals surface area contributed by atoms with Crippen molar-refractivity contribution in [2.75, 3.05) is 30.8 Å². The lowest BCUT2D eigenvalue weighted by molar-refractivity contribution is -0.119. The smallest absolute Gasteiger partial charge is 0.330 e. The van der Waals surface area contributed by atoms with E-state index in [1.54, 1.807) is 18.2 Å². The number of amides is 2. The number of aromatic amines is 1. The van der Waals surface area contributed by atoms with Gasteiger partial charge in [0.25, 0.3) is 11.5 Å². The molecule has 35 heavy (non-hydrogen) atoms. The van der Waals surface area contributed by atoms with E-state index < -0.39 is 23.1 Å². The van der Waals surface area contributed by atoms with E-state index in [1.807, 2.05) is 33.8 Å². The van der Waals surface area contributed by atoms with E-state index in [-0.39, 0.29) is 48.7 Å². The fraction of sp³-hybridized carbons (Fsp3) is 0.417. The number of benzene rings is 1. The van der Waals surface area contributed by atoms with Gasteiger partial charge in [-0.1, -0.05) is 39.8 Å². The topological polar surface area (TPSA) is 147 Å². The zero-order chi connectivity index (χ0) is 25.9. The number of nitrogen functional groups attached to an aromatic ring is 1. The Morgan fingerprint density at radius 3 is 2.37 bits per heavy atom. The Morgan fingerprint density at radius 2 is 1.74 bits per heavy atom. The quantitative estimate of drug-likeness (QED) is 0.495. The maximum Gasteiger partial charge on any atom is 0.330 e. The van der Waals surface area contributed by atoms with E-state index in [1.165, 1.54) is 27.6 Å². The Balaban J connectivity index is 1.92. The lowest BCUT2D eigenvalue weighted by atomic mass is 10.2. The number of carbonyl (C=O) groups is 2. The SMILES string of the molecule is CC(C)CN(C(=O)CN(C)C(=O)c1cnc2ccccc2n1)c1c(N)n(CC(C)C)c(=O)[nH]c1=O. The molecule has 0 unspecified atom stereocenters. The van der Waals surface area contributed by atoms with E-state index in [0.717, 1.165) is 0 Å². The lowest BCUT2D eigenvalue weighted by Crippen LogP contribution is -2.47. The van der Waals surface area contributed by atoms with Crippen molar-refractivity contribution in [2.24, 2.45) is 11.8 Å². The van der Waals surface area contributed by atoms with Crippen LogP contribution < -0.4 is 21.9 Å². The third-order valence-electron chi connectivity index (χ3n) is 5.27. The van der Waals surface area contributed by atoms with E-state index in [9.17, 15) is 19.2 Å². The summed E-state index contributed by atoms with van der Waals surface area (Å²) >= 11 is 0. The number of nitrogens with one attached hydrogen (secondary N) is 1. The zero-order valence-electron chi connectivity index (χ0n) is 20.6. The highest BCUT2D eigenvalue weighted by atomic mass is 16.2. The number of carbonyl (C=O) groups excluding carboxylic acids is 2. The Labute approximate surface area is 202 Å². The van der Waals surface area contributed by atoms with Gasteiger partial charge in [-0.25, -0.2) is 9.78 Å². The van der Waals surface area contributed by atoms with Crippen molar-refractivity contribution in [1.29, 1.82) is 0 Å². The first-order chi connectivity index (χ1) is 16.5. The van der Waals surface area contributed by atoms with Gasteiger partial charge in [-0.05, 0) is 24.0 Å². The minimum absolute atomic E-state index is 0.0180. The van der Waals surface area contributed by atoms with Crippen LogP contribution in [-0.4, -0.2) is 56.4 Å². The second-order valence-electron chi connectivity index (χ2n) is 9.30. The van der Waals surface area contributed by atoms with E-state index >= 15 is 0 Å². The summed E-state index contributed by atoms with van der Waals surface area (Å²) in [7, 11) is 1.47. The van der Waals surface area contributed by atoms with Gasteiger partial charge in [-0.3, -0.25) is 28.9 Å². The number of anilines is 2. The predicted octanol–water partition coefficient (Wildman–Crippen LogP) is 1.48. The molecular weight excluding hydrogens is 450 g/mol. The molecule has 3 aromatic rings. The molecule has 0 atom stereocenters. The average Bonchev–Trinajstić information content (AvgIpc) is 2.79. The molecule has 2 aromatic heterocycles. The van der Waals surface area contributed by atoms with E-state index in [2.05, 4.69) is 15.0 Å². The molecule has 0 radical (unpaired) electrons. The minimum atomic E-state index is -0.754. The molecule has 11 heteroatoms. The Bertz CT molecular complexity index is 1360. The summed E-state index contributed by atoms with van der Waals surface area (Å²) in [6.07, 6.45) is 1.36. The molecule has 0 saturated carbocycles. The second kappa shape index (κ2) is 10.5. The number of likely N-dealkylation sites (N-methyl/N-ethyl adjacent to an activating group) is 1. The molecule has 11 nitrogen and oxygen atoms in total. The molecule has 186 valence electrons. The molecule has 0 bridgehead atoms. The fourth-order valence-electron chi connectivity index (χ4n) is 3.68. The van der Waals surface area contributed by atoms with Crippen LogP contribution in [0.2, 0.25) is 0 Å². The molecule has 2 heterocycles. The van der Waals surface area contributed by atoms with Crippen LogP contribution in [0.25, 0.3) is 11.0 Å². The van der Waals surface area contributed by atoms with Gasteiger partial charge in [0.05, 0.1) is 17.2 Å². The van der Waals surface area contributed by atoms with Gasteiger partial charge in [0.2, 0.25) is 5.91 Å². The summed E-state index contributed by atoms with van der Waals surface area (Å²) in [5, 5.41) is 0. The van der Waals surface area contributed by atoms with Crippen LogP contribution >= 0.6 is 0 Å². The van der Waals surface area contributed by atoms with Crippen molar-refractivity contribution in [1.82, 2.24) is 24.4 Å². The summed E-state index contributed by atoms with van der Waals surface area (Å²) < 4.78 is 1.25. The van der Waals surface area contributed by atoms with E-state index in [0.29, 0.717) is 11.0 Å². The molecule has 0 aliphatic carbocycles. The van der Waals surface area contributed by atoms with Crippen molar-refractivity contribution in [3.63, 3.8) is 0 Å². The summed E-state index contributed by atoms with van der Waals surface area (Å²) in [6.45, 7) is 7.69. The van der Waals surface area contributed by atoms with E-state index in [4.69, 9.17) is 5.73 Å². The maximum atomic E-state index is 13.4. The molecule has 0 fully saturated rings. The van der Waals surface area contributed by atoms with Gasteiger partial charge in [-0.2, -0.15) is 0 Å². The number of hydrogen-bond donors (Lipinski definition) is 2. The van der Waals surface area contributed by atoms with Crippen LogP contribution in [0.5, 0.6) is 0 Å². The minimum Gasteiger partial charge on any atom is -0.383 e. The third-order valence-corrected chi connectivity index (χ3v) is 5.27. The highest BCUT2D eigenvalue weighted by molar-refractivity contribution is 6.01. The van der Waals surface area contributed by atoms with Gasteiger partial charge in [0.15, 0.2) is 5.69 Å². The first-order valence-electron chi connectivity index (χ1n) is 11.4. The normalized spacial score (nSPS) is 11.3. The molecule has 3 rings (SSSR count). The number of nitrogens with zero attached hydrogens (tertiary/aromatic N) is 5. The van der Waals surface area contributed by atoms with Crippen LogP contribution in [0, 0.1) is 11.8 Å². The molecule has 0 aliphatic heterocycles. The van der Waals surface area contributed by atoms with Crippen molar-refractivity contribution >= 4 is 34.4 Å². The second-order valence-corrected chi connectivity index (χ2v) is 9.30. The predicted molar refractivity (Wildman–Crippen MR) is 134 cm³/mol. The number of fused-ring (bicyclic) bond motifs is 1. The first kappa shape index (κ1) is 25.6. The van der Waals surface area contributed by atoms with Crippen molar-refractivity contribution in [3.8, 4) is 0 Å². The van der Waals surface area contributed by atoms with Gasteiger partial charge < -0.3 is 15.5 Å². The fourth-order valence-corrected chi connectivity index (χ4v) is 3.68. The third kappa shape index (κ3) is 5.73. The highest BCUT2D eigenvalue weighted by Gasteiger charge is 2.27. The van der Waals surface area contributed by atoms with Gasteiger partial charge in [-0.15, -0.1) is 0 Å². The molecular formula is C24H31N7O4. The summed E-state index contributed by atoms with van der Waals surface area (Å²) in [5.41, 5.74) is 6.05. The highest BCUT2D eigenvalue weighted by Crippen LogP contribution is 2.20. The van der Waals surface area contributed by atoms with Gasteiger partial charge in [0.1, 0.15) is 18.1 Å². The molecule has 0 saturated heterocycles. The number of hydrogen-bond acceptors (Lipinski definition) is 7. The Kier molecular flexibility index (Phi) is 7.68. The number of rotatable bonds is 8. The van der Waals surface area contributed by atoms with Crippen molar-refractivity contribution in [3.05, 3.63) is 57.0 Å². The number of aromatic nitrogens is 4. The maximum absolute atomic E-state index is 13.4. The number of H-pyrrole nitrogens is 1.